The minimum absolute atomic E-state index is 0.0718. The summed E-state index contributed by atoms with van der Waals surface area (Å²) >= 11 is 0. The Balaban J connectivity index is 1.62. The van der Waals surface area contributed by atoms with E-state index in [-0.39, 0.29) is 35.3 Å². The van der Waals surface area contributed by atoms with Gasteiger partial charge in [-0.15, -0.1) is 0 Å². The van der Waals surface area contributed by atoms with Crippen molar-refractivity contribution in [2.45, 2.75) is 71.0 Å². The number of likely N-dealkylation sites (tertiary alicyclic amines) is 1. The summed E-state index contributed by atoms with van der Waals surface area (Å²) in [6.07, 6.45) is 2.58. The summed E-state index contributed by atoms with van der Waals surface area (Å²) in [6, 6.07) is 0.00187. The molecule has 9 nitrogen and oxygen atoms in total. The highest BCUT2D eigenvalue weighted by atomic mass is 32.2. The normalized spacial score (nSPS) is 23.8. The van der Waals surface area contributed by atoms with E-state index in [1.807, 2.05) is 25.7 Å². The molecule has 3 aliphatic rings. The number of carbonyl (C=O) groups excluding carboxylic acids is 1. The van der Waals surface area contributed by atoms with Crippen LogP contribution in [0.2, 0.25) is 0 Å². The van der Waals surface area contributed by atoms with Crippen LogP contribution in [0.3, 0.4) is 0 Å². The predicted molar refractivity (Wildman–Crippen MR) is 113 cm³/mol. The topological polar surface area (TPSA) is 105 Å². The summed E-state index contributed by atoms with van der Waals surface area (Å²) in [5, 5.41) is 2.94. The molecule has 30 heavy (non-hydrogen) atoms. The average molecular weight is 438 g/mol. The standard InChI is InChI=1S/C20H31N5O4S/c1-4-11-30(28,29)24-8-5-16-15(12-24)17(26)25-10-7-20(18(25)22-16)6-9-23(13-20)19(27)21-14(2)3/h14H,4-13H2,1-3H3,(H,21,27)/t20-/m0/s1. The number of fused-ring (bicyclic) bond motifs is 3. The van der Waals surface area contributed by atoms with Gasteiger partial charge in [0.15, 0.2) is 0 Å². The molecular weight excluding hydrogens is 406 g/mol. The van der Waals surface area contributed by atoms with Crippen molar-refractivity contribution in [2.75, 3.05) is 25.4 Å². The van der Waals surface area contributed by atoms with E-state index in [2.05, 4.69) is 5.32 Å². The van der Waals surface area contributed by atoms with E-state index >= 15 is 0 Å². The highest BCUT2D eigenvalue weighted by Gasteiger charge is 2.48. The van der Waals surface area contributed by atoms with Gasteiger partial charge in [-0.3, -0.25) is 9.36 Å². The van der Waals surface area contributed by atoms with Crippen molar-refractivity contribution in [1.82, 2.24) is 24.1 Å². The Morgan fingerprint density at radius 2 is 1.97 bits per heavy atom. The first kappa shape index (κ1) is 21.3. The maximum absolute atomic E-state index is 13.2. The zero-order valence-electron chi connectivity index (χ0n) is 18.0. The first-order valence-electron chi connectivity index (χ1n) is 10.8. The highest BCUT2D eigenvalue weighted by molar-refractivity contribution is 7.89. The quantitative estimate of drug-likeness (QED) is 0.750. The third-order valence-corrected chi connectivity index (χ3v) is 8.50. The van der Waals surface area contributed by atoms with Crippen LogP contribution >= 0.6 is 0 Å². The minimum atomic E-state index is -3.35. The van der Waals surface area contributed by atoms with Crippen LogP contribution < -0.4 is 10.9 Å². The first-order chi connectivity index (χ1) is 14.2. The van der Waals surface area contributed by atoms with Gasteiger partial charge in [0, 0.05) is 50.6 Å². The van der Waals surface area contributed by atoms with E-state index in [1.165, 1.54) is 4.31 Å². The Kier molecular flexibility index (Phi) is 5.42. The predicted octanol–water partition coefficient (Wildman–Crippen LogP) is 0.806. The zero-order valence-corrected chi connectivity index (χ0v) is 18.8. The fourth-order valence-electron chi connectivity index (χ4n) is 4.93. The molecule has 0 bridgehead atoms. The molecule has 1 spiro atoms. The second-order valence-corrected chi connectivity index (χ2v) is 11.1. The van der Waals surface area contributed by atoms with E-state index in [0.717, 1.165) is 24.4 Å². The molecule has 1 aromatic heterocycles. The summed E-state index contributed by atoms with van der Waals surface area (Å²) < 4.78 is 28.1. The van der Waals surface area contributed by atoms with Crippen LogP contribution in [0.5, 0.6) is 0 Å². The van der Waals surface area contributed by atoms with Crippen molar-refractivity contribution in [1.29, 1.82) is 0 Å². The van der Waals surface area contributed by atoms with Crippen molar-refractivity contribution >= 4 is 16.1 Å². The van der Waals surface area contributed by atoms with Gasteiger partial charge in [0.2, 0.25) is 10.0 Å². The Morgan fingerprint density at radius 3 is 2.67 bits per heavy atom. The van der Waals surface area contributed by atoms with Crippen molar-refractivity contribution in [3.63, 3.8) is 0 Å². The number of amides is 2. The third-order valence-electron chi connectivity index (χ3n) is 6.48. The van der Waals surface area contributed by atoms with Gasteiger partial charge in [-0.2, -0.15) is 4.31 Å². The first-order valence-corrected chi connectivity index (χ1v) is 12.4. The molecule has 0 saturated carbocycles. The molecule has 4 heterocycles. The number of hydrogen-bond acceptors (Lipinski definition) is 5. The van der Waals surface area contributed by atoms with Crippen molar-refractivity contribution in [3.8, 4) is 0 Å². The number of nitrogens with one attached hydrogen (secondary N) is 1. The second-order valence-electron chi connectivity index (χ2n) is 9.02. The Hall–Kier alpha value is -1.94. The van der Waals surface area contributed by atoms with Gasteiger partial charge >= 0.3 is 6.03 Å². The van der Waals surface area contributed by atoms with Crippen molar-refractivity contribution in [3.05, 3.63) is 27.4 Å². The van der Waals surface area contributed by atoms with Crippen LogP contribution in [0.15, 0.2) is 4.79 Å². The number of nitrogens with zero attached hydrogens (tertiary/aromatic N) is 4. The maximum atomic E-state index is 13.2. The largest absolute Gasteiger partial charge is 0.336 e. The molecule has 0 unspecified atom stereocenters. The number of hydrogen-bond donors (Lipinski definition) is 1. The lowest BCUT2D eigenvalue weighted by atomic mass is 9.85. The molecule has 1 atom stereocenters. The molecule has 3 aliphatic heterocycles. The van der Waals surface area contributed by atoms with Gasteiger partial charge in [-0.1, -0.05) is 6.92 Å². The number of sulfonamides is 1. The van der Waals surface area contributed by atoms with E-state index in [4.69, 9.17) is 4.98 Å². The lowest BCUT2D eigenvalue weighted by molar-refractivity contribution is 0.202. The van der Waals surface area contributed by atoms with E-state index in [1.54, 1.807) is 4.57 Å². The molecule has 2 amide bonds. The summed E-state index contributed by atoms with van der Waals surface area (Å²) in [4.78, 5) is 32.4. The van der Waals surface area contributed by atoms with Crippen LogP contribution in [-0.4, -0.2) is 64.6 Å². The fraction of sp³-hybridized carbons (Fsp3) is 0.750. The molecule has 0 radical (unpaired) electrons. The monoisotopic (exact) mass is 437 g/mol. The van der Waals surface area contributed by atoms with E-state index < -0.39 is 10.0 Å². The number of urea groups is 1. The van der Waals surface area contributed by atoms with Crippen LogP contribution in [0.1, 0.15) is 57.1 Å². The Morgan fingerprint density at radius 1 is 1.23 bits per heavy atom. The molecule has 1 saturated heterocycles. The minimum Gasteiger partial charge on any atom is -0.336 e. The van der Waals surface area contributed by atoms with Crippen LogP contribution in [0.25, 0.3) is 0 Å². The number of rotatable bonds is 4. The lowest BCUT2D eigenvalue weighted by Gasteiger charge is -2.29. The Bertz CT molecular complexity index is 1020. The molecule has 166 valence electrons. The van der Waals surface area contributed by atoms with Crippen molar-refractivity contribution < 1.29 is 13.2 Å². The molecule has 4 rings (SSSR count). The van der Waals surface area contributed by atoms with Crippen LogP contribution in [0, 0.1) is 0 Å². The number of aromatic nitrogens is 2. The van der Waals surface area contributed by atoms with E-state index in [0.29, 0.717) is 44.6 Å². The van der Waals surface area contributed by atoms with Gasteiger partial charge < -0.3 is 10.2 Å². The second kappa shape index (κ2) is 7.64. The maximum Gasteiger partial charge on any atom is 0.317 e. The van der Waals surface area contributed by atoms with Gasteiger partial charge in [-0.05, 0) is 33.1 Å². The highest BCUT2D eigenvalue weighted by Crippen LogP contribution is 2.41. The molecule has 1 aromatic rings. The van der Waals surface area contributed by atoms with Crippen LogP contribution in [-0.2, 0) is 34.9 Å². The SMILES string of the molecule is CCCS(=O)(=O)N1CCc2nc3n(c(=O)c2C1)CC[C@]31CCN(C(=O)NC(C)C)C1. The van der Waals surface area contributed by atoms with Gasteiger partial charge in [0.05, 0.1) is 17.0 Å². The van der Waals surface area contributed by atoms with Crippen molar-refractivity contribution in [2.24, 2.45) is 0 Å². The molecule has 10 heteroatoms. The summed E-state index contributed by atoms with van der Waals surface area (Å²) in [6.45, 7) is 7.96. The molecule has 0 aromatic carbocycles. The van der Waals surface area contributed by atoms with E-state index in [9.17, 15) is 18.0 Å². The average Bonchev–Trinajstić information content (AvgIpc) is 3.27. The van der Waals surface area contributed by atoms with Gasteiger partial charge in [-0.25, -0.2) is 18.2 Å². The number of carbonyl (C=O) groups is 1. The fourth-order valence-corrected chi connectivity index (χ4v) is 6.40. The molecular formula is C20H31N5O4S. The van der Waals surface area contributed by atoms with Crippen LogP contribution in [0.4, 0.5) is 4.79 Å². The Labute approximate surface area is 177 Å². The summed E-state index contributed by atoms with van der Waals surface area (Å²) in [5.74, 6) is 0.871. The molecule has 1 fully saturated rings. The zero-order chi connectivity index (χ0) is 21.7. The summed E-state index contributed by atoms with van der Waals surface area (Å²) in [5.41, 5.74) is 0.830. The molecule has 1 N–H and O–H groups in total. The smallest absolute Gasteiger partial charge is 0.317 e. The molecule has 0 aliphatic carbocycles. The van der Waals surface area contributed by atoms with Gasteiger partial charge in [0.25, 0.3) is 5.56 Å². The van der Waals surface area contributed by atoms with Gasteiger partial charge in [0.1, 0.15) is 5.82 Å². The summed E-state index contributed by atoms with van der Waals surface area (Å²) in [7, 11) is -3.35. The lowest BCUT2D eigenvalue weighted by Crippen LogP contribution is -2.44. The third kappa shape index (κ3) is 3.53.